The molecule has 5 rings (SSSR count). The topological polar surface area (TPSA) is 62.2 Å². The second kappa shape index (κ2) is 5.39. The molecule has 0 radical (unpaired) electrons. The molecule has 0 spiro atoms. The Kier molecular flexibility index (Phi) is 3.41. The summed E-state index contributed by atoms with van der Waals surface area (Å²) in [6, 6.07) is 14.5. The van der Waals surface area contributed by atoms with Crippen LogP contribution >= 0.6 is 11.8 Å². The number of hydrogen-bond donors (Lipinski definition) is 2. The highest BCUT2D eigenvalue weighted by Crippen LogP contribution is 2.59. The van der Waals surface area contributed by atoms with Gasteiger partial charge in [0.25, 0.3) is 0 Å². The molecule has 3 saturated heterocycles. The highest BCUT2D eigenvalue weighted by molar-refractivity contribution is 8.00. The summed E-state index contributed by atoms with van der Waals surface area (Å²) < 4.78 is 13.1. The fourth-order valence-electron chi connectivity index (χ4n) is 4.45. The van der Waals surface area contributed by atoms with Gasteiger partial charge < -0.3 is 19.7 Å². The minimum atomic E-state index is -0.669. The molecule has 2 aromatic rings. The monoisotopic (exact) mass is 371 g/mol. The number of rotatable bonds is 2. The van der Waals surface area contributed by atoms with Crippen molar-refractivity contribution in [2.45, 2.75) is 42.9 Å². The average Bonchev–Trinajstić information content (AvgIpc) is 3.24. The Hall–Kier alpha value is -1.73. The van der Waals surface area contributed by atoms with Crippen molar-refractivity contribution in [3.63, 3.8) is 0 Å². The van der Waals surface area contributed by atoms with Crippen LogP contribution in [0.2, 0.25) is 0 Å². The Bertz CT molecular complexity index is 831. The second-order valence-electron chi connectivity index (χ2n) is 7.49. The maximum Gasteiger partial charge on any atom is 0.148 e. The lowest BCUT2D eigenvalue weighted by Gasteiger charge is -2.33. The van der Waals surface area contributed by atoms with Gasteiger partial charge in [-0.15, -0.1) is 11.8 Å². The number of ether oxygens (including phenoxy) is 2. The van der Waals surface area contributed by atoms with Crippen LogP contribution in [0.5, 0.6) is 11.5 Å². The fourth-order valence-corrected chi connectivity index (χ4v) is 5.96. The molecular weight excluding hydrogens is 350 g/mol. The molecule has 0 aliphatic carbocycles. The Morgan fingerprint density at radius 1 is 0.962 bits per heavy atom. The van der Waals surface area contributed by atoms with Gasteiger partial charge in [-0.2, -0.15) is 0 Å². The van der Waals surface area contributed by atoms with E-state index in [0.717, 1.165) is 16.9 Å². The van der Waals surface area contributed by atoms with E-state index in [0.29, 0.717) is 0 Å². The lowest BCUT2D eigenvalue weighted by molar-refractivity contribution is -0.133. The van der Waals surface area contributed by atoms with E-state index >= 15 is 0 Å². The Morgan fingerprint density at radius 3 is 2.19 bits per heavy atom. The van der Waals surface area contributed by atoms with E-state index in [-0.39, 0.29) is 29.3 Å². The standard InChI is InChI=1S/C20H21NO4S/c1-19(12-5-3-7-14(22)9-12)17-21-16(24-19)11-26-18(21)20(2,25-17)13-6-4-8-15(23)10-13/h3-10,16-18,22-23H,11H2,1-2H3/t16-,17-,18-,19+,20-/m1/s1. The van der Waals surface area contributed by atoms with Crippen molar-refractivity contribution < 1.29 is 19.7 Å². The van der Waals surface area contributed by atoms with Crippen LogP contribution in [0.4, 0.5) is 0 Å². The maximum absolute atomic E-state index is 9.94. The SMILES string of the molecule is C[C@@]1(c2cccc(O)c2)O[C@@H]2CS[C@H]3N2[C@@H]1O[C@]3(C)c1cccc(O)c1. The van der Waals surface area contributed by atoms with Crippen LogP contribution in [0.25, 0.3) is 0 Å². The van der Waals surface area contributed by atoms with E-state index in [1.54, 1.807) is 24.3 Å². The van der Waals surface area contributed by atoms with E-state index in [2.05, 4.69) is 11.8 Å². The van der Waals surface area contributed by atoms with Gasteiger partial charge in [0.05, 0.1) is 5.37 Å². The van der Waals surface area contributed by atoms with Gasteiger partial charge in [0.2, 0.25) is 0 Å². The lowest BCUT2D eigenvalue weighted by Crippen LogP contribution is -2.39. The summed E-state index contributed by atoms with van der Waals surface area (Å²) in [6.45, 7) is 4.11. The molecule has 0 amide bonds. The van der Waals surface area contributed by atoms with Crippen molar-refractivity contribution in [2.24, 2.45) is 0 Å². The average molecular weight is 371 g/mol. The third kappa shape index (κ3) is 2.10. The second-order valence-corrected chi connectivity index (χ2v) is 8.60. The number of phenols is 2. The molecular formula is C20H21NO4S. The molecule has 0 bridgehead atoms. The van der Waals surface area contributed by atoms with Crippen LogP contribution in [0.15, 0.2) is 48.5 Å². The smallest absolute Gasteiger partial charge is 0.148 e. The lowest BCUT2D eigenvalue weighted by atomic mass is 9.94. The highest BCUT2D eigenvalue weighted by atomic mass is 32.2. The quantitative estimate of drug-likeness (QED) is 0.845. The molecule has 5 atom stereocenters. The molecule has 3 fully saturated rings. The number of thioether (sulfide) groups is 1. The summed E-state index contributed by atoms with van der Waals surface area (Å²) in [7, 11) is 0. The van der Waals surface area contributed by atoms with E-state index in [1.807, 2.05) is 43.0 Å². The van der Waals surface area contributed by atoms with Gasteiger partial charge in [0.1, 0.15) is 35.2 Å². The van der Waals surface area contributed by atoms with Crippen LogP contribution in [0.3, 0.4) is 0 Å². The van der Waals surface area contributed by atoms with Gasteiger partial charge >= 0.3 is 0 Å². The van der Waals surface area contributed by atoms with Crippen molar-refractivity contribution >= 4 is 11.8 Å². The Morgan fingerprint density at radius 2 is 1.58 bits per heavy atom. The summed E-state index contributed by atoms with van der Waals surface area (Å²) >= 11 is 1.83. The molecule has 136 valence electrons. The molecule has 2 aromatic carbocycles. The van der Waals surface area contributed by atoms with Crippen LogP contribution in [0.1, 0.15) is 25.0 Å². The van der Waals surface area contributed by atoms with Crippen LogP contribution in [-0.4, -0.2) is 38.7 Å². The minimum absolute atomic E-state index is 0.0264. The predicted molar refractivity (Wildman–Crippen MR) is 98.7 cm³/mol. The molecule has 2 N–H and O–H groups in total. The van der Waals surface area contributed by atoms with Crippen LogP contribution < -0.4 is 0 Å². The van der Waals surface area contributed by atoms with Gasteiger partial charge in [-0.1, -0.05) is 24.3 Å². The molecule has 3 heterocycles. The highest BCUT2D eigenvalue weighted by Gasteiger charge is 2.67. The number of aromatic hydroxyl groups is 2. The zero-order valence-electron chi connectivity index (χ0n) is 14.6. The zero-order chi connectivity index (χ0) is 18.1. The third-order valence-electron chi connectivity index (χ3n) is 5.79. The van der Waals surface area contributed by atoms with E-state index in [1.165, 1.54) is 0 Å². The number of phenolic OH excluding ortho intramolecular Hbond substituents is 2. The maximum atomic E-state index is 9.94. The van der Waals surface area contributed by atoms with Gasteiger partial charge in [-0.05, 0) is 49.2 Å². The first-order valence-electron chi connectivity index (χ1n) is 8.75. The molecule has 0 saturated carbocycles. The first-order valence-corrected chi connectivity index (χ1v) is 9.80. The molecule has 6 heteroatoms. The number of nitrogens with zero attached hydrogens (tertiary/aromatic N) is 1. The van der Waals surface area contributed by atoms with Gasteiger partial charge in [-0.25, -0.2) is 4.90 Å². The third-order valence-corrected chi connectivity index (χ3v) is 7.28. The van der Waals surface area contributed by atoms with Crippen molar-refractivity contribution in [1.29, 1.82) is 0 Å². The van der Waals surface area contributed by atoms with Crippen molar-refractivity contribution in [3.8, 4) is 11.5 Å². The van der Waals surface area contributed by atoms with Crippen molar-refractivity contribution in [2.75, 3.05) is 5.75 Å². The molecule has 26 heavy (non-hydrogen) atoms. The summed E-state index contributed by atoms with van der Waals surface area (Å²) in [4.78, 5) is 2.30. The normalized spacial score (nSPS) is 38.6. The van der Waals surface area contributed by atoms with E-state index < -0.39 is 11.2 Å². The van der Waals surface area contributed by atoms with Gasteiger partial charge in [0, 0.05) is 5.75 Å². The summed E-state index contributed by atoms with van der Waals surface area (Å²) in [5, 5.41) is 20.0. The first-order chi connectivity index (χ1) is 12.4. The molecule has 5 nitrogen and oxygen atoms in total. The minimum Gasteiger partial charge on any atom is -0.508 e. The molecule has 3 aliphatic heterocycles. The van der Waals surface area contributed by atoms with Crippen molar-refractivity contribution in [3.05, 3.63) is 59.7 Å². The Labute approximate surface area is 156 Å². The van der Waals surface area contributed by atoms with Crippen LogP contribution in [-0.2, 0) is 20.7 Å². The van der Waals surface area contributed by atoms with E-state index in [9.17, 15) is 10.2 Å². The number of benzene rings is 2. The predicted octanol–water partition coefficient (Wildman–Crippen LogP) is 3.32. The molecule has 0 aromatic heterocycles. The van der Waals surface area contributed by atoms with Crippen molar-refractivity contribution in [1.82, 2.24) is 4.90 Å². The molecule has 0 unspecified atom stereocenters. The summed E-state index contributed by atoms with van der Waals surface area (Å²) in [5.41, 5.74) is 0.645. The zero-order valence-corrected chi connectivity index (χ0v) is 15.4. The largest absolute Gasteiger partial charge is 0.508 e. The van der Waals surface area contributed by atoms with Gasteiger partial charge in [0.15, 0.2) is 0 Å². The fraction of sp³-hybridized carbons (Fsp3) is 0.400. The summed E-state index contributed by atoms with van der Waals surface area (Å²) in [5.74, 6) is 1.33. The first kappa shape index (κ1) is 16.4. The van der Waals surface area contributed by atoms with E-state index in [4.69, 9.17) is 9.47 Å². The molecule has 3 aliphatic rings. The van der Waals surface area contributed by atoms with Gasteiger partial charge in [-0.3, -0.25) is 0 Å². The Balaban J connectivity index is 1.59. The number of hydrogen-bond acceptors (Lipinski definition) is 6. The summed E-state index contributed by atoms with van der Waals surface area (Å²) in [6.07, 6.45) is -0.289. The van der Waals surface area contributed by atoms with Crippen LogP contribution in [0, 0.1) is 0 Å².